The van der Waals surface area contributed by atoms with Gasteiger partial charge in [0.1, 0.15) is 6.61 Å². The number of nitrogens with zero attached hydrogens (tertiary/aromatic N) is 4. The first kappa shape index (κ1) is 18.6. The van der Waals surface area contributed by atoms with Gasteiger partial charge in [-0.1, -0.05) is 26.0 Å². The van der Waals surface area contributed by atoms with Crippen molar-refractivity contribution >= 4 is 17.1 Å². The van der Waals surface area contributed by atoms with Gasteiger partial charge >= 0.3 is 11.7 Å². The first-order valence-corrected chi connectivity index (χ1v) is 8.69. The highest BCUT2D eigenvalue weighted by Crippen LogP contribution is 2.15. The maximum Gasteiger partial charge on any atom is 0.338 e. The molecule has 0 aliphatic rings. The van der Waals surface area contributed by atoms with E-state index in [0.29, 0.717) is 22.6 Å². The Morgan fingerprint density at radius 1 is 1.11 bits per heavy atom. The van der Waals surface area contributed by atoms with Crippen LogP contribution in [0.2, 0.25) is 0 Å². The Bertz CT molecular complexity index is 1100. The van der Waals surface area contributed by atoms with Gasteiger partial charge in [-0.15, -0.1) is 0 Å². The third kappa shape index (κ3) is 3.42. The Morgan fingerprint density at radius 2 is 1.78 bits per heavy atom. The minimum Gasteiger partial charge on any atom is -0.460 e. The second-order valence-corrected chi connectivity index (χ2v) is 6.73. The standard InChI is InChI=1S/C19H22N4O4/c1-12(2)13-5-7-14(8-6-13)18(25)27-10-9-23-11-20-16-15(23)17(24)22(4)19(26)21(16)3/h5-8,11-12H,9-10H2,1-4H3. The van der Waals surface area contributed by atoms with E-state index < -0.39 is 17.2 Å². The number of carbonyl (C=O) groups excluding carboxylic acids is 1. The van der Waals surface area contributed by atoms with Crippen LogP contribution in [0, 0.1) is 0 Å². The molecule has 0 bridgehead atoms. The van der Waals surface area contributed by atoms with E-state index in [1.807, 2.05) is 12.1 Å². The fraction of sp³-hybridized carbons (Fsp3) is 0.368. The Balaban J connectivity index is 1.73. The van der Waals surface area contributed by atoms with Crippen LogP contribution in [0.15, 0.2) is 40.2 Å². The summed E-state index contributed by atoms with van der Waals surface area (Å²) in [6.45, 7) is 4.52. The van der Waals surface area contributed by atoms with Crippen LogP contribution in [-0.4, -0.2) is 31.3 Å². The maximum atomic E-state index is 12.4. The minimum absolute atomic E-state index is 0.0855. The zero-order valence-corrected chi connectivity index (χ0v) is 15.8. The second kappa shape index (κ2) is 7.22. The van der Waals surface area contributed by atoms with Crippen LogP contribution in [0.4, 0.5) is 0 Å². The molecule has 0 N–H and O–H groups in total. The summed E-state index contributed by atoms with van der Waals surface area (Å²) in [5.41, 5.74) is 1.37. The molecule has 0 aliphatic heterocycles. The van der Waals surface area contributed by atoms with Gasteiger partial charge in [0.25, 0.3) is 5.56 Å². The molecule has 142 valence electrons. The van der Waals surface area contributed by atoms with Crippen molar-refractivity contribution in [1.82, 2.24) is 18.7 Å². The lowest BCUT2D eigenvalue weighted by Gasteiger charge is -2.09. The van der Waals surface area contributed by atoms with Gasteiger partial charge in [0.15, 0.2) is 11.2 Å². The molecular formula is C19H22N4O4. The number of carbonyl (C=O) groups is 1. The Morgan fingerprint density at radius 3 is 2.41 bits per heavy atom. The van der Waals surface area contributed by atoms with Crippen molar-refractivity contribution in [2.75, 3.05) is 6.61 Å². The monoisotopic (exact) mass is 370 g/mol. The fourth-order valence-corrected chi connectivity index (χ4v) is 2.89. The minimum atomic E-state index is -0.436. The molecule has 0 unspecified atom stereocenters. The van der Waals surface area contributed by atoms with Crippen molar-refractivity contribution < 1.29 is 9.53 Å². The molecule has 27 heavy (non-hydrogen) atoms. The van der Waals surface area contributed by atoms with Gasteiger partial charge in [-0.25, -0.2) is 14.6 Å². The summed E-state index contributed by atoms with van der Waals surface area (Å²) >= 11 is 0. The molecule has 0 saturated carbocycles. The van der Waals surface area contributed by atoms with E-state index in [1.165, 1.54) is 17.9 Å². The first-order chi connectivity index (χ1) is 12.8. The average molecular weight is 370 g/mol. The van der Waals surface area contributed by atoms with Crippen LogP contribution >= 0.6 is 0 Å². The van der Waals surface area contributed by atoms with Crippen molar-refractivity contribution in [3.05, 3.63) is 62.6 Å². The van der Waals surface area contributed by atoms with Crippen LogP contribution < -0.4 is 11.2 Å². The Kier molecular flexibility index (Phi) is 4.98. The molecule has 1 aromatic carbocycles. The predicted octanol–water partition coefficient (Wildman–Crippen LogP) is 1.41. The molecule has 3 rings (SSSR count). The van der Waals surface area contributed by atoms with Crippen LogP contribution in [-0.2, 0) is 25.4 Å². The zero-order chi connectivity index (χ0) is 19.7. The molecule has 0 fully saturated rings. The molecule has 0 atom stereocenters. The van der Waals surface area contributed by atoms with E-state index in [-0.39, 0.29) is 13.2 Å². The summed E-state index contributed by atoms with van der Waals surface area (Å²) in [4.78, 5) is 40.6. The number of ether oxygens (including phenoxy) is 1. The molecule has 8 nitrogen and oxygen atoms in total. The van der Waals surface area contributed by atoms with Crippen LogP contribution in [0.5, 0.6) is 0 Å². The first-order valence-electron chi connectivity index (χ1n) is 8.69. The van der Waals surface area contributed by atoms with Gasteiger partial charge in [-0.2, -0.15) is 0 Å². The van der Waals surface area contributed by atoms with Gasteiger partial charge in [0.05, 0.1) is 18.4 Å². The molecule has 0 radical (unpaired) electrons. The predicted molar refractivity (Wildman–Crippen MR) is 101 cm³/mol. The number of rotatable bonds is 5. The number of esters is 1. The number of hydrogen-bond donors (Lipinski definition) is 0. The molecule has 3 aromatic rings. The third-order valence-electron chi connectivity index (χ3n) is 4.60. The molecular weight excluding hydrogens is 348 g/mol. The smallest absolute Gasteiger partial charge is 0.338 e. The highest BCUT2D eigenvalue weighted by Gasteiger charge is 2.15. The largest absolute Gasteiger partial charge is 0.460 e. The lowest BCUT2D eigenvalue weighted by Crippen LogP contribution is -2.37. The van der Waals surface area contributed by atoms with Crippen molar-refractivity contribution in [2.24, 2.45) is 14.1 Å². The molecule has 0 aliphatic carbocycles. The van der Waals surface area contributed by atoms with Crippen molar-refractivity contribution in [1.29, 1.82) is 0 Å². The molecule has 2 aromatic heterocycles. The zero-order valence-electron chi connectivity index (χ0n) is 15.8. The van der Waals surface area contributed by atoms with Gasteiger partial charge in [0.2, 0.25) is 0 Å². The number of aromatic nitrogens is 4. The number of imidazole rings is 1. The quantitative estimate of drug-likeness (QED) is 0.634. The van der Waals surface area contributed by atoms with Crippen molar-refractivity contribution in [3.8, 4) is 0 Å². The number of benzene rings is 1. The third-order valence-corrected chi connectivity index (χ3v) is 4.60. The van der Waals surface area contributed by atoms with E-state index >= 15 is 0 Å². The molecule has 0 spiro atoms. The topological polar surface area (TPSA) is 88.1 Å². The lowest BCUT2D eigenvalue weighted by atomic mass is 10.0. The van der Waals surface area contributed by atoms with Crippen molar-refractivity contribution in [2.45, 2.75) is 26.3 Å². The van der Waals surface area contributed by atoms with E-state index in [1.54, 1.807) is 23.7 Å². The second-order valence-electron chi connectivity index (χ2n) is 6.73. The SMILES string of the molecule is CC(C)c1ccc(C(=O)OCCn2cnc3c2c(=O)n(C)c(=O)n3C)cc1. The summed E-state index contributed by atoms with van der Waals surface area (Å²) in [7, 11) is 2.98. The Hall–Kier alpha value is -3.16. The maximum absolute atomic E-state index is 12.4. The molecule has 0 amide bonds. The number of aryl methyl sites for hydroxylation is 1. The van der Waals surface area contributed by atoms with E-state index in [0.717, 1.165) is 10.1 Å². The fourth-order valence-electron chi connectivity index (χ4n) is 2.89. The molecule has 0 saturated heterocycles. The van der Waals surface area contributed by atoms with Crippen LogP contribution in [0.1, 0.15) is 35.7 Å². The van der Waals surface area contributed by atoms with Gasteiger partial charge in [-0.05, 0) is 23.6 Å². The average Bonchev–Trinajstić information content (AvgIpc) is 3.08. The van der Waals surface area contributed by atoms with Gasteiger partial charge in [-0.3, -0.25) is 13.9 Å². The van der Waals surface area contributed by atoms with Gasteiger partial charge in [0, 0.05) is 14.1 Å². The van der Waals surface area contributed by atoms with Crippen LogP contribution in [0.25, 0.3) is 11.2 Å². The summed E-state index contributed by atoms with van der Waals surface area (Å²) in [5.74, 6) is -0.0294. The lowest BCUT2D eigenvalue weighted by molar-refractivity contribution is 0.0492. The number of fused-ring (bicyclic) bond motifs is 1. The Labute approximate surface area is 155 Å². The highest BCUT2D eigenvalue weighted by molar-refractivity contribution is 5.89. The summed E-state index contributed by atoms with van der Waals surface area (Å²) in [5, 5.41) is 0. The van der Waals surface area contributed by atoms with E-state index in [9.17, 15) is 14.4 Å². The number of hydrogen-bond acceptors (Lipinski definition) is 5. The summed E-state index contributed by atoms with van der Waals surface area (Å²) < 4.78 is 9.24. The van der Waals surface area contributed by atoms with Crippen LogP contribution in [0.3, 0.4) is 0 Å². The summed E-state index contributed by atoms with van der Waals surface area (Å²) in [6.07, 6.45) is 1.47. The molecule has 8 heteroatoms. The van der Waals surface area contributed by atoms with Gasteiger partial charge < -0.3 is 9.30 Å². The normalized spacial score (nSPS) is 11.3. The molecule has 2 heterocycles. The summed E-state index contributed by atoms with van der Waals surface area (Å²) in [6, 6.07) is 7.31. The van der Waals surface area contributed by atoms with E-state index in [4.69, 9.17) is 4.74 Å². The highest BCUT2D eigenvalue weighted by atomic mass is 16.5. The van der Waals surface area contributed by atoms with E-state index in [2.05, 4.69) is 18.8 Å². The van der Waals surface area contributed by atoms with Crippen molar-refractivity contribution in [3.63, 3.8) is 0 Å².